The number of benzene rings is 1. The van der Waals surface area contributed by atoms with Crippen molar-refractivity contribution in [3.8, 4) is 0 Å². The van der Waals surface area contributed by atoms with Gasteiger partial charge in [-0.2, -0.15) is 0 Å². The van der Waals surface area contributed by atoms with Crippen LogP contribution in [0.1, 0.15) is 18.6 Å². The number of nitrogens with one attached hydrogen (secondary N) is 1. The summed E-state index contributed by atoms with van der Waals surface area (Å²) in [5.41, 5.74) is 5.66. The predicted octanol–water partition coefficient (Wildman–Crippen LogP) is -0.0750. The van der Waals surface area contributed by atoms with Gasteiger partial charge in [0.2, 0.25) is 5.91 Å². The topological polar surface area (TPSA) is 109 Å². The maximum absolute atomic E-state index is 13.0. The molecule has 0 bridgehead atoms. The molecule has 0 heterocycles. The van der Waals surface area contributed by atoms with Gasteiger partial charge >= 0.3 is 0 Å². The third kappa shape index (κ3) is 4.76. The zero-order valence-corrected chi connectivity index (χ0v) is 12.6. The van der Waals surface area contributed by atoms with Crippen molar-refractivity contribution in [2.45, 2.75) is 30.0 Å². The summed E-state index contributed by atoms with van der Waals surface area (Å²) in [6.07, 6.45) is -0.239. The predicted molar refractivity (Wildman–Crippen MR) is 76.1 cm³/mol. The van der Waals surface area contributed by atoms with E-state index in [-0.39, 0.29) is 4.90 Å². The Morgan fingerprint density at radius 2 is 1.90 bits per heavy atom. The first-order chi connectivity index (χ1) is 9.66. The average molecular weight is 318 g/mol. The highest BCUT2D eigenvalue weighted by molar-refractivity contribution is 7.90. The summed E-state index contributed by atoms with van der Waals surface area (Å²) in [6, 6.07) is 3.42. The second-order valence-electron chi connectivity index (χ2n) is 4.84. The number of hydrogen-bond acceptors (Lipinski definition) is 5. The Morgan fingerprint density at radius 3 is 2.29 bits per heavy atom. The van der Waals surface area contributed by atoms with Crippen LogP contribution in [0.5, 0.6) is 0 Å². The molecule has 0 saturated carbocycles. The van der Waals surface area contributed by atoms with E-state index in [2.05, 4.69) is 5.32 Å². The lowest BCUT2D eigenvalue weighted by molar-refractivity contribution is -0.123. The highest BCUT2D eigenvalue weighted by atomic mass is 32.2. The second-order valence-corrected chi connectivity index (χ2v) is 6.86. The molecule has 21 heavy (non-hydrogen) atoms. The summed E-state index contributed by atoms with van der Waals surface area (Å²) < 4.78 is 35.6. The number of sulfone groups is 1. The van der Waals surface area contributed by atoms with Gasteiger partial charge in [0, 0.05) is 6.26 Å². The van der Waals surface area contributed by atoms with Crippen LogP contribution in [-0.2, 0) is 14.6 Å². The van der Waals surface area contributed by atoms with Crippen molar-refractivity contribution >= 4 is 15.7 Å². The fourth-order valence-corrected chi connectivity index (χ4v) is 2.29. The maximum atomic E-state index is 13.0. The van der Waals surface area contributed by atoms with Gasteiger partial charge in [0.05, 0.1) is 17.0 Å². The average Bonchev–Trinajstić information content (AvgIpc) is 2.42. The summed E-state index contributed by atoms with van der Waals surface area (Å²) in [7, 11) is -3.34. The Labute approximate surface area is 123 Å². The minimum Gasteiger partial charge on any atom is -0.386 e. The number of carbonyl (C=O) groups is 1. The maximum Gasteiger partial charge on any atom is 0.237 e. The highest BCUT2D eigenvalue weighted by Gasteiger charge is 2.24. The Balaban J connectivity index is 2.90. The molecule has 6 nitrogen and oxygen atoms in total. The van der Waals surface area contributed by atoms with Gasteiger partial charge in [0.25, 0.3) is 0 Å². The molecular formula is C13H19FN2O4S. The van der Waals surface area contributed by atoms with E-state index in [4.69, 9.17) is 5.73 Å². The molecule has 0 aromatic heterocycles. The van der Waals surface area contributed by atoms with Crippen molar-refractivity contribution in [2.24, 2.45) is 5.73 Å². The Hall–Kier alpha value is -1.51. The van der Waals surface area contributed by atoms with E-state index in [0.717, 1.165) is 6.26 Å². The third-order valence-electron chi connectivity index (χ3n) is 2.94. The largest absolute Gasteiger partial charge is 0.386 e. The van der Waals surface area contributed by atoms with Crippen molar-refractivity contribution in [2.75, 3.05) is 12.9 Å². The van der Waals surface area contributed by atoms with E-state index in [1.807, 2.05) is 0 Å². The van der Waals surface area contributed by atoms with Gasteiger partial charge in [-0.15, -0.1) is 0 Å². The molecule has 1 amide bonds. The van der Waals surface area contributed by atoms with Crippen LogP contribution in [0.3, 0.4) is 0 Å². The van der Waals surface area contributed by atoms with E-state index in [1.54, 1.807) is 0 Å². The minimum absolute atomic E-state index is 0.0925. The van der Waals surface area contributed by atoms with Crippen molar-refractivity contribution in [1.29, 1.82) is 0 Å². The van der Waals surface area contributed by atoms with Crippen LogP contribution in [0, 0.1) is 0 Å². The number of hydrogen-bond donors (Lipinski definition) is 3. The molecule has 0 aliphatic rings. The Morgan fingerprint density at radius 1 is 1.38 bits per heavy atom. The number of nitrogens with two attached hydrogens (primary N) is 1. The molecule has 1 aromatic carbocycles. The Bertz CT molecular complexity index is 587. The van der Waals surface area contributed by atoms with Gasteiger partial charge < -0.3 is 16.2 Å². The molecule has 1 rings (SSSR count). The van der Waals surface area contributed by atoms with Crippen LogP contribution in [-0.4, -0.2) is 44.4 Å². The summed E-state index contributed by atoms with van der Waals surface area (Å²) in [5.74, 6) is -0.579. The van der Waals surface area contributed by atoms with Crippen molar-refractivity contribution in [3.05, 3.63) is 29.8 Å². The normalized spacial score (nSPS) is 16.0. The van der Waals surface area contributed by atoms with Crippen molar-refractivity contribution in [3.63, 3.8) is 0 Å². The van der Waals surface area contributed by atoms with Gasteiger partial charge in [0.15, 0.2) is 9.84 Å². The molecule has 1 aromatic rings. The molecule has 0 unspecified atom stereocenters. The lowest BCUT2D eigenvalue weighted by atomic mass is 10.0. The molecule has 8 heteroatoms. The SMILES string of the molecule is C[C@H](N)C(=O)N[C@H](CF)[C@H](O)c1ccc(S(C)(=O)=O)cc1. The number of amides is 1. The molecule has 0 aliphatic heterocycles. The van der Waals surface area contributed by atoms with Crippen LogP contribution in [0.25, 0.3) is 0 Å². The first-order valence-electron chi connectivity index (χ1n) is 6.26. The molecular weight excluding hydrogens is 299 g/mol. The standard InChI is InChI=1S/C13H19FN2O4S/c1-8(15)13(18)16-11(7-14)12(17)9-3-5-10(6-4-9)21(2,19)20/h3-6,8,11-12,17H,7,15H2,1-2H3,(H,16,18)/t8-,11+,12+/m0/s1. The van der Waals surface area contributed by atoms with Gasteiger partial charge in [0.1, 0.15) is 12.8 Å². The van der Waals surface area contributed by atoms with Crippen LogP contribution in [0.15, 0.2) is 29.2 Å². The molecule has 0 aliphatic carbocycles. The zero-order valence-electron chi connectivity index (χ0n) is 11.8. The summed E-state index contributed by atoms with van der Waals surface area (Å²) >= 11 is 0. The summed E-state index contributed by atoms with van der Waals surface area (Å²) in [4.78, 5) is 11.5. The Kier molecular flexibility index (Phi) is 5.82. The first-order valence-corrected chi connectivity index (χ1v) is 8.16. The van der Waals surface area contributed by atoms with Crippen molar-refractivity contribution < 1.29 is 22.7 Å². The molecule has 0 radical (unpaired) electrons. The zero-order chi connectivity index (χ0) is 16.2. The lowest BCUT2D eigenvalue weighted by Gasteiger charge is -2.22. The van der Waals surface area contributed by atoms with Crippen molar-refractivity contribution in [1.82, 2.24) is 5.32 Å². The van der Waals surface area contributed by atoms with Gasteiger partial charge in [-0.05, 0) is 24.6 Å². The lowest BCUT2D eigenvalue weighted by Crippen LogP contribution is -2.47. The second kappa shape index (κ2) is 6.97. The number of aliphatic hydroxyl groups excluding tert-OH is 1. The number of alkyl halides is 1. The van der Waals surface area contributed by atoms with Crippen LogP contribution in [0.4, 0.5) is 4.39 Å². The highest BCUT2D eigenvalue weighted by Crippen LogP contribution is 2.20. The number of halogens is 1. The molecule has 3 atom stereocenters. The van der Waals surface area contributed by atoms with E-state index < -0.39 is 40.6 Å². The molecule has 4 N–H and O–H groups in total. The number of rotatable bonds is 6. The molecule has 0 saturated heterocycles. The molecule has 0 spiro atoms. The van der Waals surface area contributed by atoms with E-state index >= 15 is 0 Å². The monoisotopic (exact) mass is 318 g/mol. The van der Waals surface area contributed by atoms with Crippen LogP contribution < -0.4 is 11.1 Å². The van der Waals surface area contributed by atoms with E-state index in [1.165, 1.54) is 31.2 Å². The van der Waals surface area contributed by atoms with E-state index in [9.17, 15) is 22.7 Å². The van der Waals surface area contributed by atoms with Gasteiger partial charge in [-0.3, -0.25) is 4.79 Å². The number of aliphatic hydroxyl groups is 1. The minimum atomic E-state index is -3.34. The third-order valence-corrected chi connectivity index (χ3v) is 4.07. The quantitative estimate of drug-likeness (QED) is 0.680. The molecule has 0 fully saturated rings. The van der Waals surface area contributed by atoms with E-state index in [0.29, 0.717) is 5.56 Å². The fourth-order valence-electron chi connectivity index (χ4n) is 1.66. The van der Waals surface area contributed by atoms with Crippen LogP contribution >= 0.6 is 0 Å². The van der Waals surface area contributed by atoms with Crippen LogP contribution in [0.2, 0.25) is 0 Å². The van der Waals surface area contributed by atoms with Gasteiger partial charge in [-0.25, -0.2) is 12.8 Å². The first kappa shape index (κ1) is 17.5. The summed E-state index contributed by atoms with van der Waals surface area (Å²) in [6.45, 7) is 0.464. The number of carbonyl (C=O) groups excluding carboxylic acids is 1. The smallest absolute Gasteiger partial charge is 0.237 e. The van der Waals surface area contributed by atoms with Gasteiger partial charge in [-0.1, -0.05) is 12.1 Å². The fraction of sp³-hybridized carbons (Fsp3) is 0.462. The summed E-state index contributed by atoms with van der Waals surface area (Å²) in [5, 5.41) is 12.4. The molecule has 118 valence electrons.